The summed E-state index contributed by atoms with van der Waals surface area (Å²) in [6.07, 6.45) is 0. The van der Waals surface area contributed by atoms with Crippen LogP contribution in [0.15, 0.2) is 42.5 Å². The van der Waals surface area contributed by atoms with Gasteiger partial charge in [-0.1, -0.05) is 18.2 Å². The maximum absolute atomic E-state index is 13.5. The van der Waals surface area contributed by atoms with Crippen LogP contribution in [0, 0.1) is 11.9 Å². The molecule has 0 bridgehead atoms. The minimum absolute atomic E-state index is 0.347. The van der Waals surface area contributed by atoms with Gasteiger partial charge in [0.25, 0.3) is 0 Å². The van der Waals surface area contributed by atoms with Crippen LogP contribution in [-0.4, -0.2) is 5.91 Å². The van der Waals surface area contributed by atoms with Crippen molar-refractivity contribution in [1.29, 1.82) is 0 Å². The number of carbonyl (C=O) groups excluding carboxylic acids is 1. The van der Waals surface area contributed by atoms with E-state index < -0.39 is 5.91 Å². The van der Waals surface area contributed by atoms with Crippen molar-refractivity contribution in [3.05, 3.63) is 59.9 Å². The summed E-state index contributed by atoms with van der Waals surface area (Å²) in [5.74, 6) is -0.873. The van der Waals surface area contributed by atoms with Crippen LogP contribution in [0.25, 0.3) is 11.1 Å². The number of hydrogen-bond acceptors (Lipinski definition) is 1. The second kappa shape index (κ2) is 4.14. The van der Waals surface area contributed by atoms with Crippen LogP contribution in [0.4, 0.5) is 4.39 Å². The Morgan fingerprint density at radius 1 is 1.31 bits per heavy atom. The van der Waals surface area contributed by atoms with Crippen molar-refractivity contribution >= 4 is 5.91 Å². The van der Waals surface area contributed by atoms with Gasteiger partial charge in [-0.3, -0.25) is 4.79 Å². The van der Waals surface area contributed by atoms with Crippen LogP contribution >= 0.6 is 0 Å². The average molecular weight is 214 g/mol. The average Bonchev–Trinajstić information content (AvgIpc) is 2.30. The molecule has 2 N–H and O–H groups in total. The molecule has 0 saturated heterocycles. The van der Waals surface area contributed by atoms with Gasteiger partial charge in [0.1, 0.15) is 5.82 Å². The van der Waals surface area contributed by atoms with Gasteiger partial charge in [-0.2, -0.15) is 0 Å². The van der Waals surface area contributed by atoms with Crippen LogP contribution in [0.5, 0.6) is 0 Å². The van der Waals surface area contributed by atoms with Crippen LogP contribution < -0.4 is 5.73 Å². The molecule has 0 aliphatic carbocycles. The molecule has 16 heavy (non-hydrogen) atoms. The largest absolute Gasteiger partial charge is 0.366 e. The Hall–Kier alpha value is -2.16. The Morgan fingerprint density at radius 2 is 2.12 bits per heavy atom. The zero-order chi connectivity index (χ0) is 11.5. The molecule has 2 rings (SSSR count). The van der Waals surface area contributed by atoms with Gasteiger partial charge in [0.2, 0.25) is 5.91 Å². The highest BCUT2D eigenvalue weighted by atomic mass is 19.1. The molecule has 3 heteroatoms. The molecule has 1 amide bonds. The molecule has 0 saturated carbocycles. The van der Waals surface area contributed by atoms with Gasteiger partial charge in [0, 0.05) is 11.1 Å². The lowest BCUT2D eigenvalue weighted by molar-refractivity contribution is 0.100. The predicted octanol–water partition coefficient (Wildman–Crippen LogP) is 2.39. The Kier molecular flexibility index (Phi) is 2.68. The molecule has 2 aromatic carbocycles. The molecule has 0 heterocycles. The second-order valence-corrected chi connectivity index (χ2v) is 3.35. The number of benzene rings is 2. The summed E-state index contributed by atoms with van der Waals surface area (Å²) in [7, 11) is 0. The van der Waals surface area contributed by atoms with E-state index in [1.807, 2.05) is 0 Å². The molecule has 2 aromatic rings. The molecule has 2 nitrogen and oxygen atoms in total. The topological polar surface area (TPSA) is 43.1 Å². The molecular formula is C13H9FNO. The van der Waals surface area contributed by atoms with Crippen molar-refractivity contribution < 1.29 is 9.18 Å². The Labute approximate surface area is 92.5 Å². The number of nitrogens with two attached hydrogens (primary N) is 1. The Bertz CT molecular complexity index is 537. The summed E-state index contributed by atoms with van der Waals surface area (Å²) in [5.41, 5.74) is 6.54. The third-order valence-corrected chi connectivity index (χ3v) is 2.27. The monoisotopic (exact) mass is 214 g/mol. The minimum atomic E-state index is -0.526. The maximum Gasteiger partial charge on any atom is 0.248 e. The molecule has 0 aromatic heterocycles. The first-order chi connectivity index (χ1) is 7.68. The van der Waals surface area contributed by atoms with E-state index in [9.17, 15) is 9.18 Å². The first kappa shape index (κ1) is 10.4. The van der Waals surface area contributed by atoms with Gasteiger partial charge in [-0.05, 0) is 35.9 Å². The van der Waals surface area contributed by atoms with Gasteiger partial charge < -0.3 is 5.73 Å². The van der Waals surface area contributed by atoms with E-state index in [1.165, 1.54) is 18.2 Å². The van der Waals surface area contributed by atoms with Crippen molar-refractivity contribution in [2.75, 3.05) is 0 Å². The number of hydrogen-bond donors (Lipinski definition) is 1. The van der Waals surface area contributed by atoms with E-state index in [1.54, 1.807) is 24.3 Å². The number of rotatable bonds is 2. The summed E-state index contributed by atoms with van der Waals surface area (Å²) in [4.78, 5) is 11.0. The lowest BCUT2D eigenvalue weighted by Crippen LogP contribution is -2.10. The highest BCUT2D eigenvalue weighted by molar-refractivity contribution is 5.94. The highest BCUT2D eigenvalue weighted by Crippen LogP contribution is 2.22. The summed E-state index contributed by atoms with van der Waals surface area (Å²) in [6, 6.07) is 13.7. The van der Waals surface area contributed by atoms with Gasteiger partial charge in [0.15, 0.2) is 0 Å². The van der Waals surface area contributed by atoms with Gasteiger partial charge in [-0.25, -0.2) is 4.39 Å². The van der Waals surface area contributed by atoms with Gasteiger partial charge >= 0.3 is 0 Å². The predicted molar refractivity (Wildman–Crippen MR) is 59.2 cm³/mol. The van der Waals surface area contributed by atoms with Crippen molar-refractivity contribution in [1.82, 2.24) is 0 Å². The molecule has 79 valence electrons. The Balaban J connectivity index is 2.53. The molecule has 0 aliphatic heterocycles. The van der Waals surface area contributed by atoms with E-state index in [2.05, 4.69) is 6.07 Å². The molecule has 0 unspecified atom stereocenters. The van der Waals surface area contributed by atoms with Crippen molar-refractivity contribution in [2.24, 2.45) is 5.73 Å². The molecular weight excluding hydrogens is 205 g/mol. The van der Waals surface area contributed by atoms with Crippen molar-refractivity contribution in [3.63, 3.8) is 0 Å². The fourth-order valence-electron chi connectivity index (χ4n) is 1.47. The second-order valence-electron chi connectivity index (χ2n) is 3.35. The molecule has 0 atom stereocenters. The normalized spacial score (nSPS) is 10.1. The summed E-state index contributed by atoms with van der Waals surface area (Å²) >= 11 is 0. The van der Waals surface area contributed by atoms with Crippen LogP contribution in [0.3, 0.4) is 0 Å². The lowest BCUT2D eigenvalue weighted by atomic mass is 10.0. The van der Waals surface area contributed by atoms with Crippen LogP contribution in [0.1, 0.15) is 10.4 Å². The molecule has 0 spiro atoms. The zero-order valence-corrected chi connectivity index (χ0v) is 8.41. The number of amides is 1. The fraction of sp³-hybridized carbons (Fsp3) is 0. The van der Waals surface area contributed by atoms with Gasteiger partial charge in [-0.15, -0.1) is 0 Å². The lowest BCUT2D eigenvalue weighted by Gasteiger charge is -2.04. The first-order valence-corrected chi connectivity index (χ1v) is 4.74. The van der Waals surface area contributed by atoms with Crippen molar-refractivity contribution in [2.45, 2.75) is 0 Å². The van der Waals surface area contributed by atoms with E-state index >= 15 is 0 Å². The summed E-state index contributed by atoms with van der Waals surface area (Å²) in [5, 5.41) is 0. The molecule has 0 fully saturated rings. The number of primary amides is 1. The fourth-order valence-corrected chi connectivity index (χ4v) is 1.47. The standard InChI is InChI=1S/C13H9FNO/c14-12-7-2-1-6-11(12)9-4-3-5-10(8-9)13(15)16/h2-8H,(H2,15,16). The van der Waals surface area contributed by atoms with E-state index in [0.717, 1.165) is 0 Å². The van der Waals surface area contributed by atoms with Crippen LogP contribution in [-0.2, 0) is 0 Å². The SMILES string of the molecule is NC(=O)c1cccc(-c2c[c]ccc2F)c1. The Morgan fingerprint density at radius 3 is 2.81 bits per heavy atom. The van der Waals surface area contributed by atoms with E-state index in [-0.39, 0.29) is 5.82 Å². The first-order valence-electron chi connectivity index (χ1n) is 4.74. The van der Waals surface area contributed by atoms with E-state index in [4.69, 9.17) is 5.73 Å². The third-order valence-electron chi connectivity index (χ3n) is 2.27. The molecule has 0 aliphatic rings. The maximum atomic E-state index is 13.5. The smallest absolute Gasteiger partial charge is 0.248 e. The number of halogens is 1. The number of carbonyl (C=O) groups is 1. The quantitative estimate of drug-likeness (QED) is 0.819. The highest BCUT2D eigenvalue weighted by Gasteiger charge is 2.06. The zero-order valence-electron chi connectivity index (χ0n) is 8.41. The molecule has 1 radical (unpaired) electrons. The third kappa shape index (κ3) is 1.93. The van der Waals surface area contributed by atoms with Crippen molar-refractivity contribution in [3.8, 4) is 11.1 Å². The van der Waals surface area contributed by atoms with Crippen LogP contribution in [0.2, 0.25) is 0 Å². The van der Waals surface area contributed by atoms with E-state index in [0.29, 0.717) is 16.7 Å². The summed E-state index contributed by atoms with van der Waals surface area (Å²) < 4.78 is 13.5. The van der Waals surface area contributed by atoms with Gasteiger partial charge in [0.05, 0.1) is 0 Å². The minimum Gasteiger partial charge on any atom is -0.366 e. The summed E-state index contributed by atoms with van der Waals surface area (Å²) in [6.45, 7) is 0.